The summed E-state index contributed by atoms with van der Waals surface area (Å²) in [6, 6.07) is 11.0. The van der Waals surface area contributed by atoms with Gasteiger partial charge in [0.15, 0.2) is 18.1 Å². The minimum Gasteiger partial charge on any atom is -0.496 e. The third-order valence-electron chi connectivity index (χ3n) is 3.64. The second-order valence-electron chi connectivity index (χ2n) is 5.45. The summed E-state index contributed by atoms with van der Waals surface area (Å²) in [6.45, 7) is 1.57. The average molecular weight is 387 g/mol. The number of benzene rings is 2. The van der Waals surface area contributed by atoms with Gasteiger partial charge in [0, 0.05) is 0 Å². The molecule has 0 saturated carbocycles. The highest BCUT2D eigenvalue weighted by Gasteiger charge is 2.17. The van der Waals surface area contributed by atoms with Crippen molar-refractivity contribution in [2.24, 2.45) is 0 Å². The van der Waals surface area contributed by atoms with E-state index in [-0.39, 0.29) is 11.1 Å². The Morgan fingerprint density at radius 2 is 1.64 bits per heavy atom. The number of ether oxygens (including phenoxy) is 4. The molecule has 0 spiro atoms. The van der Waals surface area contributed by atoms with Crippen LogP contribution in [0.4, 0.5) is 0 Å². The van der Waals surface area contributed by atoms with E-state index in [1.165, 1.54) is 32.4 Å². The monoisotopic (exact) mass is 387 g/mol. The van der Waals surface area contributed by atoms with Crippen LogP contribution in [0.1, 0.15) is 27.6 Å². The van der Waals surface area contributed by atoms with Gasteiger partial charge in [-0.3, -0.25) is 14.9 Å². The van der Waals surface area contributed by atoms with E-state index in [0.717, 1.165) is 0 Å². The molecule has 148 valence electrons. The van der Waals surface area contributed by atoms with Gasteiger partial charge in [-0.05, 0) is 37.3 Å². The maximum Gasteiger partial charge on any atom is 0.338 e. The van der Waals surface area contributed by atoms with Gasteiger partial charge in [0.25, 0.3) is 11.8 Å². The lowest BCUT2D eigenvalue weighted by molar-refractivity contribution is -0.123. The van der Waals surface area contributed by atoms with Gasteiger partial charge in [-0.2, -0.15) is 0 Å². The molecule has 0 saturated heterocycles. The van der Waals surface area contributed by atoms with Crippen LogP contribution in [0.15, 0.2) is 42.5 Å². The van der Waals surface area contributed by atoms with Gasteiger partial charge in [0.05, 0.1) is 32.0 Å². The molecule has 1 N–H and O–H groups in total. The number of carbonyl (C=O) groups excluding carboxylic acids is 3. The Bertz CT molecular complexity index is 863. The zero-order chi connectivity index (χ0) is 20.5. The molecule has 0 aliphatic heterocycles. The molecular formula is C20H21NO7. The zero-order valence-electron chi connectivity index (χ0n) is 15.8. The van der Waals surface area contributed by atoms with Gasteiger partial charge in [0.2, 0.25) is 0 Å². The second-order valence-corrected chi connectivity index (χ2v) is 5.45. The summed E-state index contributed by atoms with van der Waals surface area (Å²) in [4.78, 5) is 36.2. The van der Waals surface area contributed by atoms with E-state index in [1.807, 2.05) is 0 Å². The van der Waals surface area contributed by atoms with Crippen molar-refractivity contribution in [2.45, 2.75) is 6.92 Å². The molecule has 0 unspecified atom stereocenters. The first-order valence-corrected chi connectivity index (χ1v) is 8.45. The van der Waals surface area contributed by atoms with Crippen molar-refractivity contribution >= 4 is 17.8 Å². The number of esters is 1. The highest BCUT2D eigenvalue weighted by atomic mass is 16.5. The maximum atomic E-state index is 12.2. The molecule has 0 fully saturated rings. The highest BCUT2D eigenvalue weighted by molar-refractivity contribution is 6.07. The van der Waals surface area contributed by atoms with Crippen LogP contribution in [0, 0.1) is 0 Å². The normalized spacial score (nSPS) is 9.96. The van der Waals surface area contributed by atoms with E-state index in [0.29, 0.717) is 23.9 Å². The molecular weight excluding hydrogens is 366 g/mol. The number of methoxy groups -OCH3 is 2. The molecule has 0 heterocycles. The van der Waals surface area contributed by atoms with Gasteiger partial charge in [-0.15, -0.1) is 0 Å². The summed E-state index contributed by atoms with van der Waals surface area (Å²) >= 11 is 0. The fourth-order valence-electron chi connectivity index (χ4n) is 2.35. The van der Waals surface area contributed by atoms with E-state index < -0.39 is 24.4 Å². The van der Waals surface area contributed by atoms with Gasteiger partial charge in [-0.1, -0.05) is 12.1 Å². The fraction of sp³-hybridized carbons (Fsp3) is 0.250. The summed E-state index contributed by atoms with van der Waals surface area (Å²) in [6.07, 6.45) is 0. The van der Waals surface area contributed by atoms with E-state index in [9.17, 15) is 14.4 Å². The quantitative estimate of drug-likeness (QED) is 0.693. The molecule has 28 heavy (non-hydrogen) atoms. The number of carbonyl (C=O) groups is 3. The standard InChI is InChI=1S/C20H21NO7/c1-4-27-17-11-13(9-10-16(17)26-3)20(24)28-12-18(22)21-19(23)14-7-5-6-8-15(14)25-2/h5-11H,4,12H2,1-3H3,(H,21,22,23). The summed E-state index contributed by atoms with van der Waals surface area (Å²) < 4.78 is 20.6. The van der Waals surface area contributed by atoms with Crippen molar-refractivity contribution in [1.82, 2.24) is 5.32 Å². The third kappa shape index (κ3) is 5.23. The van der Waals surface area contributed by atoms with E-state index in [2.05, 4.69) is 5.32 Å². The minimum absolute atomic E-state index is 0.188. The fourth-order valence-corrected chi connectivity index (χ4v) is 2.35. The Balaban J connectivity index is 1.96. The van der Waals surface area contributed by atoms with E-state index >= 15 is 0 Å². The van der Waals surface area contributed by atoms with Crippen molar-refractivity contribution in [3.8, 4) is 17.2 Å². The topological polar surface area (TPSA) is 100 Å². The number of rotatable bonds is 8. The summed E-state index contributed by atoms with van der Waals surface area (Å²) in [7, 11) is 2.90. The van der Waals surface area contributed by atoms with Crippen LogP contribution in [0.5, 0.6) is 17.2 Å². The van der Waals surface area contributed by atoms with Crippen molar-refractivity contribution in [2.75, 3.05) is 27.4 Å². The molecule has 0 aromatic heterocycles. The summed E-state index contributed by atoms with van der Waals surface area (Å²) in [5, 5.41) is 2.15. The molecule has 0 radical (unpaired) electrons. The SMILES string of the molecule is CCOc1cc(C(=O)OCC(=O)NC(=O)c2ccccc2OC)ccc1OC. The maximum absolute atomic E-state index is 12.2. The van der Waals surface area contributed by atoms with Gasteiger partial charge >= 0.3 is 5.97 Å². The zero-order valence-corrected chi connectivity index (χ0v) is 15.8. The third-order valence-corrected chi connectivity index (χ3v) is 3.64. The predicted octanol–water partition coefficient (Wildman–Crippen LogP) is 2.22. The summed E-state index contributed by atoms with van der Waals surface area (Å²) in [5.74, 6) is -0.965. The lowest BCUT2D eigenvalue weighted by atomic mass is 10.2. The Morgan fingerprint density at radius 1 is 0.929 bits per heavy atom. The molecule has 2 aromatic carbocycles. The van der Waals surface area contributed by atoms with Crippen molar-refractivity contribution in [1.29, 1.82) is 0 Å². The highest BCUT2D eigenvalue weighted by Crippen LogP contribution is 2.28. The average Bonchev–Trinajstić information content (AvgIpc) is 2.72. The molecule has 0 atom stereocenters. The first-order chi connectivity index (χ1) is 13.5. The number of hydrogen-bond acceptors (Lipinski definition) is 7. The lowest BCUT2D eigenvalue weighted by Gasteiger charge is -2.11. The Hall–Kier alpha value is -3.55. The Kier molecular flexibility index (Phi) is 7.38. The Labute approximate surface area is 162 Å². The van der Waals surface area contributed by atoms with Crippen LogP contribution < -0.4 is 19.5 Å². The van der Waals surface area contributed by atoms with Gasteiger partial charge in [0.1, 0.15) is 5.75 Å². The first kappa shape index (κ1) is 20.8. The largest absolute Gasteiger partial charge is 0.496 e. The van der Waals surface area contributed by atoms with E-state index in [1.54, 1.807) is 31.2 Å². The van der Waals surface area contributed by atoms with Gasteiger partial charge < -0.3 is 18.9 Å². The number of imide groups is 1. The number of nitrogens with one attached hydrogen (secondary N) is 1. The first-order valence-electron chi connectivity index (χ1n) is 8.45. The minimum atomic E-state index is -0.761. The molecule has 2 amide bonds. The van der Waals surface area contributed by atoms with Crippen LogP contribution in [0.2, 0.25) is 0 Å². The number of para-hydroxylation sites is 1. The predicted molar refractivity (Wildman–Crippen MR) is 99.9 cm³/mol. The second kappa shape index (κ2) is 9.96. The number of amides is 2. The van der Waals surface area contributed by atoms with Crippen LogP contribution in [-0.2, 0) is 9.53 Å². The van der Waals surface area contributed by atoms with Crippen LogP contribution >= 0.6 is 0 Å². The Morgan fingerprint density at radius 3 is 2.32 bits per heavy atom. The molecule has 0 bridgehead atoms. The molecule has 8 heteroatoms. The van der Waals surface area contributed by atoms with Crippen LogP contribution in [0.25, 0.3) is 0 Å². The van der Waals surface area contributed by atoms with Crippen molar-refractivity contribution in [3.63, 3.8) is 0 Å². The molecule has 2 aromatic rings. The number of hydrogen-bond donors (Lipinski definition) is 1. The smallest absolute Gasteiger partial charge is 0.338 e. The van der Waals surface area contributed by atoms with Crippen LogP contribution in [-0.4, -0.2) is 45.2 Å². The summed E-state index contributed by atoms with van der Waals surface area (Å²) in [5.41, 5.74) is 0.384. The molecule has 2 rings (SSSR count). The lowest BCUT2D eigenvalue weighted by Crippen LogP contribution is -2.34. The van der Waals surface area contributed by atoms with Crippen molar-refractivity contribution in [3.05, 3.63) is 53.6 Å². The molecule has 0 aliphatic rings. The molecule has 8 nitrogen and oxygen atoms in total. The van der Waals surface area contributed by atoms with Crippen LogP contribution in [0.3, 0.4) is 0 Å². The van der Waals surface area contributed by atoms with Crippen molar-refractivity contribution < 1.29 is 33.3 Å². The van der Waals surface area contributed by atoms with Gasteiger partial charge in [-0.25, -0.2) is 4.79 Å². The molecule has 0 aliphatic carbocycles. The van der Waals surface area contributed by atoms with E-state index in [4.69, 9.17) is 18.9 Å².